The van der Waals surface area contributed by atoms with Gasteiger partial charge in [0.15, 0.2) is 5.82 Å². The minimum Gasteiger partial charge on any atom is -0.265 e. The third-order valence-electron chi connectivity index (χ3n) is 10.3. The molecule has 0 bridgehead atoms. The maximum atomic E-state index is 5.26. The van der Waals surface area contributed by atoms with Gasteiger partial charge < -0.3 is 0 Å². The SMILES string of the molecule is c1ccc(-c2nc(-c3cc(-c4ccc(-c5ccncc5)cc4)cc(-c4cccc5cccnc45)c3)cc(-c3ccc4c(c3)-c3ccccc3C4)n2)cc1. The van der Waals surface area contributed by atoms with E-state index in [9.17, 15) is 0 Å². The minimum absolute atomic E-state index is 0.694. The highest BCUT2D eigenvalue weighted by atomic mass is 14.9. The van der Waals surface area contributed by atoms with Crippen molar-refractivity contribution in [2.24, 2.45) is 0 Å². The van der Waals surface area contributed by atoms with E-state index in [1.165, 1.54) is 22.3 Å². The van der Waals surface area contributed by atoms with E-state index in [-0.39, 0.29) is 0 Å². The highest BCUT2D eigenvalue weighted by molar-refractivity contribution is 5.95. The Morgan fingerprint density at radius 3 is 1.85 bits per heavy atom. The summed E-state index contributed by atoms with van der Waals surface area (Å²) in [5.41, 5.74) is 17.7. The predicted molar refractivity (Wildman–Crippen MR) is 216 cm³/mol. The molecule has 3 aromatic heterocycles. The number of pyridine rings is 2. The lowest BCUT2D eigenvalue weighted by Gasteiger charge is -2.14. The van der Waals surface area contributed by atoms with Crippen molar-refractivity contribution in [1.82, 2.24) is 19.9 Å². The third kappa shape index (κ3) is 5.77. The van der Waals surface area contributed by atoms with Gasteiger partial charge in [-0.25, -0.2) is 9.97 Å². The van der Waals surface area contributed by atoms with Crippen molar-refractivity contribution in [3.8, 4) is 78.4 Å². The van der Waals surface area contributed by atoms with Crippen molar-refractivity contribution in [2.75, 3.05) is 0 Å². The monoisotopic (exact) mass is 676 g/mol. The quantitative estimate of drug-likeness (QED) is 0.176. The van der Waals surface area contributed by atoms with E-state index in [1.807, 2.05) is 55.0 Å². The van der Waals surface area contributed by atoms with E-state index in [2.05, 4.69) is 132 Å². The van der Waals surface area contributed by atoms with Crippen LogP contribution in [0.25, 0.3) is 89.3 Å². The van der Waals surface area contributed by atoms with Gasteiger partial charge in [0.25, 0.3) is 0 Å². The van der Waals surface area contributed by atoms with Gasteiger partial charge in [0, 0.05) is 46.2 Å². The van der Waals surface area contributed by atoms with Gasteiger partial charge in [0.2, 0.25) is 0 Å². The molecule has 0 saturated heterocycles. The summed E-state index contributed by atoms with van der Waals surface area (Å²) < 4.78 is 0. The first-order chi connectivity index (χ1) is 26.2. The number of para-hydroxylation sites is 1. The van der Waals surface area contributed by atoms with Crippen LogP contribution in [0.2, 0.25) is 0 Å². The second-order valence-corrected chi connectivity index (χ2v) is 13.5. The molecule has 1 aliphatic carbocycles. The summed E-state index contributed by atoms with van der Waals surface area (Å²) in [6.07, 6.45) is 6.49. The molecular weight excluding hydrogens is 645 g/mol. The van der Waals surface area contributed by atoms with Crippen LogP contribution in [0.5, 0.6) is 0 Å². The number of benzene rings is 6. The largest absolute Gasteiger partial charge is 0.265 e. The molecule has 0 atom stereocenters. The van der Waals surface area contributed by atoms with Gasteiger partial charge in [-0.1, -0.05) is 115 Å². The zero-order chi connectivity index (χ0) is 35.1. The summed E-state index contributed by atoms with van der Waals surface area (Å²) in [6, 6.07) is 58.0. The van der Waals surface area contributed by atoms with Crippen LogP contribution in [0.15, 0.2) is 182 Å². The van der Waals surface area contributed by atoms with Gasteiger partial charge in [0.1, 0.15) is 0 Å². The zero-order valence-corrected chi connectivity index (χ0v) is 28.8. The number of hydrogen-bond donors (Lipinski definition) is 0. The molecule has 4 heteroatoms. The van der Waals surface area contributed by atoms with E-state index in [1.54, 1.807) is 0 Å². The fourth-order valence-corrected chi connectivity index (χ4v) is 7.58. The molecule has 10 rings (SSSR count). The Morgan fingerprint density at radius 2 is 1.00 bits per heavy atom. The predicted octanol–water partition coefficient (Wildman–Crippen LogP) is 12.0. The molecule has 4 nitrogen and oxygen atoms in total. The van der Waals surface area contributed by atoms with Crippen LogP contribution in [0.3, 0.4) is 0 Å². The maximum absolute atomic E-state index is 5.26. The smallest absolute Gasteiger partial charge is 0.160 e. The second-order valence-electron chi connectivity index (χ2n) is 13.5. The summed E-state index contributed by atoms with van der Waals surface area (Å²) in [6.45, 7) is 0. The van der Waals surface area contributed by atoms with Crippen molar-refractivity contribution in [3.63, 3.8) is 0 Å². The summed E-state index contributed by atoms with van der Waals surface area (Å²) >= 11 is 0. The lowest BCUT2D eigenvalue weighted by molar-refractivity contribution is 1.18. The van der Waals surface area contributed by atoms with Crippen LogP contribution < -0.4 is 0 Å². The van der Waals surface area contributed by atoms with E-state index < -0.39 is 0 Å². The molecule has 0 N–H and O–H groups in total. The fraction of sp³-hybridized carbons (Fsp3) is 0.0204. The Balaban J connectivity index is 1.17. The van der Waals surface area contributed by atoms with Crippen molar-refractivity contribution in [1.29, 1.82) is 0 Å². The Kier molecular flexibility index (Phi) is 7.51. The molecule has 0 aliphatic heterocycles. The molecule has 3 heterocycles. The zero-order valence-electron chi connectivity index (χ0n) is 28.8. The Hall–Kier alpha value is -7.04. The van der Waals surface area contributed by atoms with Gasteiger partial charge in [-0.3, -0.25) is 9.97 Å². The van der Waals surface area contributed by atoms with Gasteiger partial charge in [-0.2, -0.15) is 0 Å². The second kappa shape index (κ2) is 12.9. The highest BCUT2D eigenvalue weighted by Crippen LogP contribution is 2.40. The summed E-state index contributed by atoms with van der Waals surface area (Å²) in [5, 5.41) is 1.10. The van der Waals surface area contributed by atoms with Gasteiger partial charge in [-0.15, -0.1) is 0 Å². The first kappa shape index (κ1) is 30.8. The average molecular weight is 677 g/mol. The van der Waals surface area contributed by atoms with E-state index in [4.69, 9.17) is 15.0 Å². The number of rotatable bonds is 6. The van der Waals surface area contributed by atoms with Crippen LogP contribution in [0.1, 0.15) is 11.1 Å². The average Bonchev–Trinajstić information content (AvgIpc) is 3.62. The van der Waals surface area contributed by atoms with E-state index in [0.29, 0.717) is 5.82 Å². The highest BCUT2D eigenvalue weighted by Gasteiger charge is 2.20. The number of hydrogen-bond acceptors (Lipinski definition) is 4. The Labute approximate surface area is 308 Å². The normalized spacial score (nSPS) is 11.7. The summed E-state index contributed by atoms with van der Waals surface area (Å²) in [4.78, 5) is 19.5. The lowest BCUT2D eigenvalue weighted by atomic mass is 9.92. The number of aromatic nitrogens is 4. The van der Waals surface area contributed by atoms with E-state index >= 15 is 0 Å². The molecule has 53 heavy (non-hydrogen) atoms. The van der Waals surface area contributed by atoms with Crippen LogP contribution in [-0.2, 0) is 6.42 Å². The lowest BCUT2D eigenvalue weighted by Crippen LogP contribution is -1.97. The van der Waals surface area contributed by atoms with Crippen LogP contribution in [0.4, 0.5) is 0 Å². The maximum Gasteiger partial charge on any atom is 0.160 e. The number of nitrogens with zero attached hydrogens (tertiary/aromatic N) is 4. The van der Waals surface area contributed by atoms with Crippen molar-refractivity contribution in [2.45, 2.75) is 6.42 Å². The number of fused-ring (bicyclic) bond motifs is 4. The summed E-state index contributed by atoms with van der Waals surface area (Å²) in [7, 11) is 0. The van der Waals surface area contributed by atoms with Crippen LogP contribution >= 0.6 is 0 Å². The first-order valence-electron chi connectivity index (χ1n) is 17.9. The molecule has 0 saturated carbocycles. The van der Waals surface area contributed by atoms with Crippen LogP contribution in [-0.4, -0.2) is 19.9 Å². The molecule has 0 radical (unpaired) electrons. The molecule has 0 fully saturated rings. The topological polar surface area (TPSA) is 51.6 Å². The molecule has 0 amide bonds. The molecular formula is C49H32N4. The molecule has 6 aromatic carbocycles. The van der Waals surface area contributed by atoms with Gasteiger partial charge in [0.05, 0.1) is 16.9 Å². The van der Waals surface area contributed by atoms with Gasteiger partial charge in [-0.05, 0) is 105 Å². The standard InChI is InChI=1S/C49H32N4/c1-2-8-36(9-3-1)49-52-46(39-20-19-38-26-37-10-4-5-13-43(37)45(38)30-39)31-47(53-49)42-28-40(33-17-15-32(16-18-33)34-21-24-50-25-22-34)27-41(29-42)44-14-6-11-35-12-7-23-51-48(35)44/h1-25,27-31H,26H2. The molecule has 0 spiro atoms. The van der Waals surface area contributed by atoms with Gasteiger partial charge >= 0.3 is 0 Å². The fourth-order valence-electron chi connectivity index (χ4n) is 7.58. The van der Waals surface area contributed by atoms with Crippen molar-refractivity contribution in [3.05, 3.63) is 194 Å². The van der Waals surface area contributed by atoms with Crippen molar-refractivity contribution < 1.29 is 0 Å². The Bertz CT molecular complexity index is 2790. The summed E-state index contributed by atoms with van der Waals surface area (Å²) in [5.74, 6) is 0.694. The third-order valence-corrected chi connectivity index (χ3v) is 10.3. The van der Waals surface area contributed by atoms with Crippen molar-refractivity contribution >= 4 is 10.9 Å². The van der Waals surface area contributed by atoms with E-state index in [0.717, 1.165) is 78.8 Å². The first-order valence-corrected chi connectivity index (χ1v) is 17.9. The Morgan fingerprint density at radius 1 is 0.358 bits per heavy atom. The molecule has 9 aromatic rings. The molecule has 0 unspecified atom stereocenters. The minimum atomic E-state index is 0.694. The molecule has 1 aliphatic rings. The molecule has 248 valence electrons. The van der Waals surface area contributed by atoms with Crippen LogP contribution in [0, 0.1) is 0 Å².